The molecule has 1 spiro atoms. The predicted octanol–water partition coefficient (Wildman–Crippen LogP) is 8.21. The lowest BCUT2D eigenvalue weighted by Crippen LogP contribution is -2.53. The van der Waals surface area contributed by atoms with Crippen molar-refractivity contribution in [3.05, 3.63) is 82.1 Å². The van der Waals surface area contributed by atoms with E-state index in [0.717, 1.165) is 82.0 Å². The summed E-state index contributed by atoms with van der Waals surface area (Å²) in [5.74, 6) is 2.28. The topological polar surface area (TPSA) is 87.2 Å². The highest BCUT2D eigenvalue weighted by Crippen LogP contribution is 2.57. The van der Waals surface area contributed by atoms with Crippen molar-refractivity contribution in [3.63, 3.8) is 0 Å². The molecule has 3 aliphatic carbocycles. The van der Waals surface area contributed by atoms with E-state index in [1.54, 1.807) is 0 Å². The second kappa shape index (κ2) is 15.6. The van der Waals surface area contributed by atoms with Crippen molar-refractivity contribution in [2.75, 3.05) is 51.7 Å². The molecule has 8 nitrogen and oxygen atoms in total. The average molecular weight is 729 g/mol. The van der Waals surface area contributed by atoms with Gasteiger partial charge in [0.05, 0.1) is 6.61 Å². The number of anilines is 1. The molecular weight excluding hydrogens is 672 g/mol. The van der Waals surface area contributed by atoms with Crippen LogP contribution in [-0.2, 0) is 23.1 Å². The zero-order valence-electron chi connectivity index (χ0n) is 31.5. The summed E-state index contributed by atoms with van der Waals surface area (Å²) in [6.07, 6.45) is 9.99. The molecule has 2 aromatic carbocycles. The van der Waals surface area contributed by atoms with Crippen LogP contribution >= 0.6 is 11.6 Å². The van der Waals surface area contributed by atoms with Gasteiger partial charge in [0.15, 0.2) is 0 Å². The lowest BCUT2D eigenvalue weighted by molar-refractivity contribution is -0.144. The monoisotopic (exact) mass is 728 g/mol. The van der Waals surface area contributed by atoms with Crippen LogP contribution in [0.4, 0.5) is 5.69 Å². The first-order valence-electron chi connectivity index (χ1n) is 19.6. The average Bonchev–Trinajstić information content (AvgIpc) is 3.40. The highest BCUT2D eigenvalue weighted by molar-refractivity contribution is 6.30. The normalized spacial score (nSPS) is 27.4. The van der Waals surface area contributed by atoms with Gasteiger partial charge in [0.25, 0.3) is 0 Å². The van der Waals surface area contributed by atoms with Crippen LogP contribution in [0.1, 0.15) is 94.0 Å². The summed E-state index contributed by atoms with van der Waals surface area (Å²) in [6.45, 7) is 12.7. The quantitative estimate of drug-likeness (QED) is 0.193. The maximum Gasteiger partial charge on any atom is 0.329 e. The fourth-order valence-electron chi connectivity index (χ4n) is 9.81. The van der Waals surface area contributed by atoms with Gasteiger partial charge in [0.2, 0.25) is 0 Å². The molecule has 1 saturated heterocycles. The fourth-order valence-corrected chi connectivity index (χ4v) is 10.0. The van der Waals surface area contributed by atoms with Crippen molar-refractivity contribution in [1.29, 1.82) is 0 Å². The second-order valence-electron chi connectivity index (χ2n) is 16.5. The number of nitrogens with one attached hydrogen (secondary N) is 1. The first-order valence-corrected chi connectivity index (χ1v) is 20.0. The number of aliphatic carboxylic acids is 1. The van der Waals surface area contributed by atoms with Gasteiger partial charge in [-0.3, -0.25) is 9.88 Å². The van der Waals surface area contributed by atoms with Gasteiger partial charge in [-0.25, -0.2) is 4.79 Å². The zero-order chi connectivity index (χ0) is 36.5. The first kappa shape index (κ1) is 37.0. The Labute approximate surface area is 315 Å². The number of hydrogen-bond acceptors (Lipinski definition) is 7. The van der Waals surface area contributed by atoms with E-state index in [0.29, 0.717) is 42.2 Å². The molecule has 0 amide bonds. The Kier molecular flexibility index (Phi) is 11.1. The third kappa shape index (κ3) is 7.81. The summed E-state index contributed by atoms with van der Waals surface area (Å²) >= 11 is 6.31. The van der Waals surface area contributed by atoms with Crippen LogP contribution in [0, 0.1) is 11.8 Å². The van der Waals surface area contributed by atoms with Gasteiger partial charge in [-0.1, -0.05) is 37.6 Å². The summed E-state index contributed by atoms with van der Waals surface area (Å²) in [5.41, 5.74) is 4.78. The SMILES string of the molecule is C[C@@H](COc1ccnc2c1[C@H](C)CCC2)C[C@H]1Cc2ccc(O[C@@H](C)CN3CCN(C)CC3)cc2C12CCC(Nc1cccc(Cl)c1)(C(=O)O)CC2. The van der Waals surface area contributed by atoms with Gasteiger partial charge < -0.3 is 24.8 Å². The number of likely N-dealkylation sites (N-methyl/N-ethyl adjacent to an activating group) is 1. The molecule has 7 rings (SSSR count). The predicted molar refractivity (Wildman–Crippen MR) is 208 cm³/mol. The number of fused-ring (bicyclic) bond motifs is 3. The van der Waals surface area contributed by atoms with Crippen molar-refractivity contribution in [2.24, 2.45) is 11.8 Å². The number of carboxylic acids is 1. The molecule has 0 bridgehead atoms. The number of pyridine rings is 1. The van der Waals surface area contributed by atoms with E-state index in [1.165, 1.54) is 35.2 Å². The number of hydrogen-bond donors (Lipinski definition) is 2. The first-order chi connectivity index (χ1) is 25.0. The van der Waals surface area contributed by atoms with Crippen LogP contribution in [0.2, 0.25) is 5.02 Å². The van der Waals surface area contributed by atoms with E-state index >= 15 is 0 Å². The van der Waals surface area contributed by atoms with Crippen LogP contribution in [0.25, 0.3) is 0 Å². The number of carboxylic acid groups (broad SMARTS) is 1. The van der Waals surface area contributed by atoms with Crippen molar-refractivity contribution in [2.45, 2.75) is 102 Å². The molecule has 1 aliphatic heterocycles. The summed E-state index contributed by atoms with van der Waals surface area (Å²) in [6, 6.07) is 16.2. The maximum absolute atomic E-state index is 13.0. The van der Waals surface area contributed by atoms with Gasteiger partial charge in [0.1, 0.15) is 23.1 Å². The Morgan fingerprint density at radius 2 is 1.87 bits per heavy atom. The molecule has 3 aromatic rings. The number of piperazine rings is 1. The van der Waals surface area contributed by atoms with Gasteiger partial charge in [0, 0.05) is 60.9 Å². The third-order valence-corrected chi connectivity index (χ3v) is 12.9. The zero-order valence-corrected chi connectivity index (χ0v) is 32.3. The molecule has 0 radical (unpaired) electrons. The van der Waals surface area contributed by atoms with Crippen LogP contribution in [0.3, 0.4) is 0 Å². The third-order valence-electron chi connectivity index (χ3n) is 12.7. The Bertz CT molecular complexity index is 1720. The number of ether oxygens (including phenoxy) is 2. The van der Waals surface area contributed by atoms with Crippen LogP contribution < -0.4 is 14.8 Å². The Hall–Kier alpha value is -3.33. The summed E-state index contributed by atoms with van der Waals surface area (Å²) in [4.78, 5) is 22.6. The second-order valence-corrected chi connectivity index (χ2v) is 17.0. The van der Waals surface area contributed by atoms with Crippen LogP contribution in [-0.4, -0.2) is 83.9 Å². The molecule has 2 N–H and O–H groups in total. The number of nitrogens with zero attached hydrogens (tertiary/aromatic N) is 3. The van der Waals surface area contributed by atoms with Crippen molar-refractivity contribution >= 4 is 23.3 Å². The molecular formula is C43H57ClN4O4. The Balaban J connectivity index is 1.11. The van der Waals surface area contributed by atoms with Crippen LogP contribution in [0.5, 0.6) is 11.5 Å². The smallest absolute Gasteiger partial charge is 0.329 e. The lowest BCUT2D eigenvalue weighted by Gasteiger charge is -2.47. The molecule has 52 heavy (non-hydrogen) atoms. The van der Waals surface area contributed by atoms with Crippen molar-refractivity contribution < 1.29 is 19.4 Å². The summed E-state index contributed by atoms with van der Waals surface area (Å²) < 4.78 is 13.2. The van der Waals surface area contributed by atoms with Crippen LogP contribution in [0.15, 0.2) is 54.7 Å². The number of aromatic nitrogens is 1. The minimum absolute atomic E-state index is 0.0707. The largest absolute Gasteiger partial charge is 0.493 e. The maximum atomic E-state index is 13.0. The number of halogens is 1. The fraction of sp³-hybridized carbons (Fsp3) is 0.581. The van der Waals surface area contributed by atoms with Gasteiger partial charge >= 0.3 is 5.97 Å². The summed E-state index contributed by atoms with van der Waals surface area (Å²) in [7, 11) is 2.19. The molecule has 4 atom stereocenters. The van der Waals surface area contributed by atoms with Crippen molar-refractivity contribution in [3.8, 4) is 11.5 Å². The minimum Gasteiger partial charge on any atom is -0.493 e. The molecule has 9 heteroatoms. The lowest BCUT2D eigenvalue weighted by atomic mass is 9.59. The molecule has 4 aliphatic rings. The highest BCUT2D eigenvalue weighted by atomic mass is 35.5. The van der Waals surface area contributed by atoms with E-state index < -0.39 is 11.5 Å². The van der Waals surface area contributed by atoms with E-state index in [4.69, 9.17) is 21.1 Å². The van der Waals surface area contributed by atoms with E-state index in [-0.39, 0.29) is 11.5 Å². The molecule has 2 heterocycles. The van der Waals surface area contributed by atoms with Gasteiger partial charge in [-0.2, -0.15) is 0 Å². The Morgan fingerprint density at radius 3 is 2.62 bits per heavy atom. The van der Waals surface area contributed by atoms with Gasteiger partial charge in [-0.15, -0.1) is 0 Å². The highest BCUT2D eigenvalue weighted by Gasteiger charge is 2.54. The number of aryl methyl sites for hydroxylation is 1. The van der Waals surface area contributed by atoms with Crippen molar-refractivity contribution in [1.82, 2.24) is 14.8 Å². The van der Waals surface area contributed by atoms with Gasteiger partial charge in [-0.05, 0) is 142 Å². The molecule has 2 fully saturated rings. The summed E-state index contributed by atoms with van der Waals surface area (Å²) in [5, 5.41) is 14.7. The van der Waals surface area contributed by atoms with E-state index in [1.807, 2.05) is 36.5 Å². The molecule has 0 unspecified atom stereocenters. The van der Waals surface area contributed by atoms with E-state index in [9.17, 15) is 9.90 Å². The standard InChI is InChI=1S/C43H57ClN4O4/c1-29(28-51-39-13-18-45-38-10-5-7-30(2)40(38)39)23-33-24-32-11-12-36(52-31(3)27-48-21-19-47(4)20-22-48)26-37(32)42(33)14-16-43(17-15-42,41(49)50)46-35-9-6-8-34(44)25-35/h6,8-9,11-13,18,25-26,29-31,33,46H,5,7,10,14-17,19-24,27-28H2,1-4H3,(H,49,50)/t29-,30-,31+,33+,42?,43?/m1/s1. The minimum atomic E-state index is -1.06. The number of benzene rings is 2. The molecule has 1 saturated carbocycles. The molecule has 1 aromatic heterocycles. The molecule has 280 valence electrons. The Morgan fingerprint density at radius 1 is 1.08 bits per heavy atom. The number of carbonyl (C=O) groups is 1. The van der Waals surface area contributed by atoms with E-state index in [2.05, 4.69) is 66.1 Å². The number of rotatable bonds is 12.